The van der Waals surface area contributed by atoms with Crippen LogP contribution in [0.25, 0.3) is 11.0 Å². The van der Waals surface area contributed by atoms with Crippen molar-refractivity contribution in [3.8, 4) is 6.07 Å². The van der Waals surface area contributed by atoms with Crippen LogP contribution < -0.4 is 5.32 Å². The van der Waals surface area contributed by atoms with Gasteiger partial charge < -0.3 is 25.4 Å². The standard InChI is InChI=1S/C15H19Cl2N3O4.C2H3N/c1-6(2)18-15-19-9-3-7(16)8(17)4-10(9)20(15)14-13(23)12(22)11(5-21)24-14;1-2-3/h3-4,6,11-14,21-23H,5H2,1-2H3,(H,18,19);1H3/t11-,12-,13-,14-;/m0./s1. The number of hydrogen-bond acceptors (Lipinski definition) is 7. The lowest BCUT2D eigenvalue weighted by atomic mass is 10.1. The predicted octanol–water partition coefficient (Wildman–Crippen LogP) is 2.30. The molecule has 2 aromatic rings. The van der Waals surface area contributed by atoms with Gasteiger partial charge in [0.25, 0.3) is 0 Å². The van der Waals surface area contributed by atoms with Crippen molar-refractivity contribution in [1.82, 2.24) is 9.55 Å². The van der Waals surface area contributed by atoms with Crippen LogP contribution >= 0.6 is 23.2 Å². The zero-order chi connectivity index (χ0) is 20.3. The summed E-state index contributed by atoms with van der Waals surface area (Å²) in [5.41, 5.74) is 1.17. The highest BCUT2D eigenvalue weighted by molar-refractivity contribution is 6.42. The van der Waals surface area contributed by atoms with Gasteiger partial charge in [-0.25, -0.2) is 4.98 Å². The van der Waals surface area contributed by atoms with Crippen LogP contribution in [0.15, 0.2) is 12.1 Å². The third-order valence-electron chi connectivity index (χ3n) is 3.92. The van der Waals surface area contributed by atoms with Gasteiger partial charge in [-0.2, -0.15) is 5.26 Å². The number of ether oxygens (including phenoxy) is 1. The molecule has 0 unspecified atom stereocenters. The van der Waals surface area contributed by atoms with Crippen LogP contribution in [0.2, 0.25) is 10.0 Å². The average molecular weight is 417 g/mol. The molecule has 0 aliphatic carbocycles. The van der Waals surface area contributed by atoms with Crippen LogP contribution in [-0.4, -0.2) is 55.8 Å². The molecule has 0 amide bonds. The molecule has 8 nitrogen and oxygen atoms in total. The average Bonchev–Trinajstić information content (AvgIpc) is 3.06. The fourth-order valence-corrected chi connectivity index (χ4v) is 3.12. The molecule has 0 spiro atoms. The molecule has 4 N–H and O–H groups in total. The minimum Gasteiger partial charge on any atom is -0.394 e. The summed E-state index contributed by atoms with van der Waals surface area (Å²) in [7, 11) is 0. The normalized spacial score (nSPS) is 24.6. The Balaban J connectivity index is 0.000000817. The Morgan fingerprint density at radius 1 is 1.30 bits per heavy atom. The summed E-state index contributed by atoms with van der Waals surface area (Å²) < 4.78 is 7.26. The first-order chi connectivity index (χ1) is 12.7. The van der Waals surface area contributed by atoms with E-state index in [9.17, 15) is 15.3 Å². The highest BCUT2D eigenvalue weighted by atomic mass is 35.5. The maximum atomic E-state index is 10.4. The number of imidazole rings is 1. The maximum Gasteiger partial charge on any atom is 0.206 e. The van der Waals surface area contributed by atoms with Crippen molar-refractivity contribution in [1.29, 1.82) is 5.26 Å². The lowest BCUT2D eigenvalue weighted by Gasteiger charge is -2.21. The number of fused-ring (bicyclic) bond motifs is 1. The second-order valence-corrected chi connectivity index (χ2v) is 7.13. The van der Waals surface area contributed by atoms with E-state index < -0.39 is 31.1 Å². The molecular weight excluding hydrogens is 395 g/mol. The summed E-state index contributed by atoms with van der Waals surface area (Å²) >= 11 is 12.2. The Morgan fingerprint density at radius 2 is 1.89 bits per heavy atom. The number of hydrogen-bond donors (Lipinski definition) is 4. The molecule has 0 radical (unpaired) electrons. The highest BCUT2D eigenvalue weighted by Gasteiger charge is 2.44. The smallest absolute Gasteiger partial charge is 0.206 e. The zero-order valence-electron chi connectivity index (χ0n) is 15.1. The predicted molar refractivity (Wildman–Crippen MR) is 103 cm³/mol. The number of halogens is 2. The summed E-state index contributed by atoms with van der Waals surface area (Å²) in [4.78, 5) is 4.48. The van der Waals surface area contributed by atoms with Gasteiger partial charge >= 0.3 is 0 Å². The molecule has 1 aliphatic heterocycles. The number of aliphatic hydroxyl groups excluding tert-OH is 3. The third-order valence-corrected chi connectivity index (χ3v) is 4.64. The minimum atomic E-state index is -1.22. The van der Waals surface area contributed by atoms with Crippen LogP contribution in [0.5, 0.6) is 0 Å². The number of nitriles is 1. The number of benzene rings is 1. The maximum absolute atomic E-state index is 10.4. The number of nitrogens with one attached hydrogen (secondary N) is 1. The molecule has 1 aromatic heterocycles. The van der Waals surface area contributed by atoms with E-state index in [2.05, 4.69) is 10.3 Å². The van der Waals surface area contributed by atoms with E-state index in [-0.39, 0.29) is 6.04 Å². The molecule has 1 saturated heterocycles. The van der Waals surface area contributed by atoms with Gasteiger partial charge in [-0.05, 0) is 26.0 Å². The summed E-state index contributed by atoms with van der Waals surface area (Å²) in [5.74, 6) is 0.452. The molecule has 148 valence electrons. The van der Waals surface area contributed by atoms with Crippen molar-refractivity contribution in [2.24, 2.45) is 0 Å². The number of aliphatic hydroxyl groups is 3. The topological polar surface area (TPSA) is 124 Å². The van der Waals surface area contributed by atoms with Gasteiger partial charge in [-0.3, -0.25) is 4.57 Å². The SMILES string of the molecule is CC#N.CC(C)Nc1nc2cc(Cl)c(Cl)cc2n1[C@H]1O[C@@H](CO)[C@H](O)[C@@H]1O. The van der Waals surface area contributed by atoms with Gasteiger partial charge in [-0.15, -0.1) is 0 Å². The van der Waals surface area contributed by atoms with Crippen molar-refractivity contribution in [2.75, 3.05) is 11.9 Å². The molecule has 0 bridgehead atoms. The van der Waals surface area contributed by atoms with Gasteiger partial charge in [0.2, 0.25) is 5.95 Å². The summed E-state index contributed by atoms with van der Waals surface area (Å²) in [6.45, 7) is 4.92. The first kappa shape index (κ1) is 21.7. The van der Waals surface area contributed by atoms with E-state index in [0.717, 1.165) is 0 Å². The van der Waals surface area contributed by atoms with Gasteiger partial charge in [0, 0.05) is 13.0 Å². The highest BCUT2D eigenvalue weighted by Crippen LogP contribution is 2.37. The quantitative estimate of drug-likeness (QED) is 0.602. The molecule has 4 atom stereocenters. The van der Waals surface area contributed by atoms with E-state index >= 15 is 0 Å². The molecular formula is C17H22Cl2N4O4. The number of anilines is 1. The van der Waals surface area contributed by atoms with E-state index in [1.165, 1.54) is 6.92 Å². The third kappa shape index (κ3) is 4.46. The zero-order valence-corrected chi connectivity index (χ0v) is 16.6. The number of nitrogens with zero attached hydrogens (tertiary/aromatic N) is 3. The Kier molecular flexibility index (Phi) is 7.28. The monoisotopic (exact) mass is 416 g/mol. The van der Waals surface area contributed by atoms with Crippen molar-refractivity contribution >= 4 is 40.2 Å². The molecule has 2 heterocycles. The largest absolute Gasteiger partial charge is 0.394 e. The molecule has 3 rings (SSSR count). The van der Waals surface area contributed by atoms with E-state index in [1.54, 1.807) is 22.8 Å². The van der Waals surface area contributed by atoms with Crippen LogP contribution in [0.1, 0.15) is 27.0 Å². The van der Waals surface area contributed by atoms with Crippen LogP contribution in [0.4, 0.5) is 5.95 Å². The van der Waals surface area contributed by atoms with Crippen LogP contribution in [-0.2, 0) is 4.74 Å². The Bertz CT molecular complexity index is 836. The molecule has 1 aliphatic rings. The lowest BCUT2D eigenvalue weighted by molar-refractivity contribution is -0.0499. The number of aromatic nitrogens is 2. The van der Waals surface area contributed by atoms with Crippen molar-refractivity contribution in [3.63, 3.8) is 0 Å². The van der Waals surface area contributed by atoms with Gasteiger partial charge in [0.15, 0.2) is 6.23 Å². The Labute approximate surface area is 166 Å². The number of rotatable bonds is 4. The lowest BCUT2D eigenvalue weighted by Crippen LogP contribution is -2.33. The van der Waals surface area contributed by atoms with Gasteiger partial charge in [0.1, 0.15) is 18.3 Å². The van der Waals surface area contributed by atoms with Crippen LogP contribution in [0, 0.1) is 11.3 Å². The first-order valence-corrected chi connectivity index (χ1v) is 9.07. The fraction of sp³-hybridized carbons (Fsp3) is 0.529. The van der Waals surface area contributed by atoms with Crippen molar-refractivity contribution in [2.45, 2.75) is 51.4 Å². The van der Waals surface area contributed by atoms with E-state index in [4.69, 9.17) is 33.2 Å². The summed E-state index contributed by atoms with van der Waals surface area (Å²) in [6, 6.07) is 5.08. The second-order valence-electron chi connectivity index (χ2n) is 6.31. The van der Waals surface area contributed by atoms with E-state index in [0.29, 0.717) is 27.0 Å². The molecule has 1 fully saturated rings. The van der Waals surface area contributed by atoms with Crippen LogP contribution in [0.3, 0.4) is 0 Å². The Morgan fingerprint density at radius 3 is 2.41 bits per heavy atom. The van der Waals surface area contributed by atoms with Crippen molar-refractivity contribution in [3.05, 3.63) is 22.2 Å². The fourth-order valence-electron chi connectivity index (χ4n) is 2.80. The summed E-state index contributed by atoms with van der Waals surface area (Å²) in [6.07, 6.45) is -4.22. The van der Waals surface area contributed by atoms with E-state index in [1.807, 2.05) is 13.8 Å². The van der Waals surface area contributed by atoms with Gasteiger partial charge in [-0.1, -0.05) is 23.2 Å². The molecule has 0 saturated carbocycles. The van der Waals surface area contributed by atoms with Gasteiger partial charge in [0.05, 0.1) is 33.8 Å². The molecule has 27 heavy (non-hydrogen) atoms. The molecule has 10 heteroatoms. The Hall–Kier alpha value is -1.60. The minimum absolute atomic E-state index is 0.0728. The second kappa shape index (κ2) is 9.06. The molecule has 1 aromatic carbocycles. The van der Waals surface area contributed by atoms with Crippen molar-refractivity contribution < 1.29 is 20.1 Å². The summed E-state index contributed by atoms with van der Waals surface area (Å²) in [5, 5.41) is 40.9. The first-order valence-electron chi connectivity index (χ1n) is 8.31.